The molecule has 1 amide bonds. The van der Waals surface area contributed by atoms with E-state index in [4.69, 9.17) is 10.5 Å². The molecule has 0 radical (unpaired) electrons. The molecular weight excluding hydrogens is 264 g/mol. The summed E-state index contributed by atoms with van der Waals surface area (Å²) >= 11 is 0. The average molecular weight is 296 g/mol. The standard InChI is InChI=1S/C17H32N2O2/c1-4-21-14-12-17(18,16(14,2)3)15(20)19-11-10-13-8-6-5-7-9-13/h13-14H,4-12,18H2,1-3H3,(H,19,20). The van der Waals surface area contributed by atoms with E-state index in [1.165, 1.54) is 32.1 Å². The van der Waals surface area contributed by atoms with Crippen molar-refractivity contribution in [2.24, 2.45) is 17.1 Å². The van der Waals surface area contributed by atoms with Crippen LogP contribution in [0.25, 0.3) is 0 Å². The van der Waals surface area contributed by atoms with Gasteiger partial charge >= 0.3 is 0 Å². The van der Waals surface area contributed by atoms with Gasteiger partial charge in [-0.25, -0.2) is 0 Å². The van der Waals surface area contributed by atoms with Gasteiger partial charge in [-0.15, -0.1) is 0 Å². The maximum Gasteiger partial charge on any atom is 0.240 e. The highest BCUT2D eigenvalue weighted by Crippen LogP contribution is 2.49. The maximum atomic E-state index is 12.5. The number of amides is 1. The zero-order valence-electron chi connectivity index (χ0n) is 13.9. The maximum absolute atomic E-state index is 12.5. The molecule has 3 N–H and O–H groups in total. The summed E-state index contributed by atoms with van der Waals surface area (Å²) in [6, 6.07) is 0. The first-order valence-corrected chi connectivity index (χ1v) is 8.60. The summed E-state index contributed by atoms with van der Waals surface area (Å²) < 4.78 is 5.68. The summed E-state index contributed by atoms with van der Waals surface area (Å²) in [5, 5.41) is 3.07. The van der Waals surface area contributed by atoms with E-state index in [1.807, 2.05) is 20.8 Å². The molecule has 2 aliphatic rings. The molecule has 4 heteroatoms. The van der Waals surface area contributed by atoms with Crippen LogP contribution in [-0.4, -0.2) is 30.7 Å². The van der Waals surface area contributed by atoms with Gasteiger partial charge in [0, 0.05) is 25.0 Å². The average Bonchev–Trinajstić information content (AvgIpc) is 2.47. The Kier molecular flexibility index (Phi) is 5.31. The van der Waals surface area contributed by atoms with Crippen LogP contribution in [0.3, 0.4) is 0 Å². The SMILES string of the molecule is CCOC1CC(N)(C(=O)NCCC2CCCCC2)C1(C)C. The van der Waals surface area contributed by atoms with Crippen molar-refractivity contribution < 1.29 is 9.53 Å². The number of hydrogen-bond donors (Lipinski definition) is 2. The van der Waals surface area contributed by atoms with E-state index in [2.05, 4.69) is 5.32 Å². The van der Waals surface area contributed by atoms with Crippen molar-refractivity contribution in [2.45, 2.75) is 77.4 Å². The normalized spacial score (nSPS) is 32.5. The topological polar surface area (TPSA) is 64.3 Å². The highest BCUT2D eigenvalue weighted by Gasteiger charge is 2.62. The van der Waals surface area contributed by atoms with E-state index in [0.29, 0.717) is 13.0 Å². The van der Waals surface area contributed by atoms with Crippen molar-refractivity contribution >= 4 is 5.91 Å². The molecule has 0 aromatic carbocycles. The third-order valence-corrected chi connectivity index (χ3v) is 5.80. The van der Waals surface area contributed by atoms with E-state index in [1.54, 1.807) is 0 Å². The van der Waals surface area contributed by atoms with Gasteiger partial charge in [-0.1, -0.05) is 46.0 Å². The molecule has 0 aromatic rings. The number of rotatable bonds is 6. The van der Waals surface area contributed by atoms with Crippen LogP contribution in [0.15, 0.2) is 0 Å². The monoisotopic (exact) mass is 296 g/mol. The molecule has 2 atom stereocenters. The number of ether oxygens (including phenoxy) is 1. The van der Waals surface area contributed by atoms with E-state index in [-0.39, 0.29) is 17.4 Å². The second kappa shape index (κ2) is 6.66. The van der Waals surface area contributed by atoms with Crippen LogP contribution in [0, 0.1) is 11.3 Å². The molecule has 2 unspecified atom stereocenters. The van der Waals surface area contributed by atoms with Gasteiger partial charge in [0.2, 0.25) is 5.91 Å². The quantitative estimate of drug-likeness (QED) is 0.792. The molecular formula is C17H32N2O2. The molecule has 0 spiro atoms. The number of hydrogen-bond acceptors (Lipinski definition) is 3. The lowest BCUT2D eigenvalue weighted by molar-refractivity contribution is -0.170. The van der Waals surface area contributed by atoms with E-state index in [0.717, 1.165) is 18.9 Å². The number of nitrogens with one attached hydrogen (secondary N) is 1. The first-order chi connectivity index (χ1) is 9.91. The van der Waals surface area contributed by atoms with Gasteiger partial charge in [-0.3, -0.25) is 4.79 Å². The molecule has 122 valence electrons. The number of nitrogens with two attached hydrogens (primary N) is 1. The van der Waals surface area contributed by atoms with Crippen molar-refractivity contribution in [1.82, 2.24) is 5.32 Å². The third-order valence-electron chi connectivity index (χ3n) is 5.80. The molecule has 0 aromatic heterocycles. The molecule has 2 aliphatic carbocycles. The Hall–Kier alpha value is -0.610. The van der Waals surface area contributed by atoms with Crippen molar-refractivity contribution in [1.29, 1.82) is 0 Å². The van der Waals surface area contributed by atoms with Crippen molar-refractivity contribution in [2.75, 3.05) is 13.2 Å². The molecule has 2 fully saturated rings. The Labute approximate surface area is 129 Å². The van der Waals surface area contributed by atoms with Crippen LogP contribution >= 0.6 is 0 Å². The molecule has 4 nitrogen and oxygen atoms in total. The van der Waals surface area contributed by atoms with Crippen LogP contribution in [0.1, 0.15) is 65.7 Å². The van der Waals surface area contributed by atoms with Crippen LogP contribution in [0.5, 0.6) is 0 Å². The summed E-state index contributed by atoms with van der Waals surface area (Å²) in [5.41, 5.74) is 5.30. The van der Waals surface area contributed by atoms with E-state index in [9.17, 15) is 4.79 Å². The second-order valence-electron chi connectivity index (χ2n) is 7.39. The van der Waals surface area contributed by atoms with E-state index >= 15 is 0 Å². The predicted molar refractivity (Wildman–Crippen MR) is 84.9 cm³/mol. The fourth-order valence-electron chi connectivity index (χ4n) is 3.84. The van der Waals surface area contributed by atoms with Crippen LogP contribution in [0.4, 0.5) is 0 Å². The lowest BCUT2D eigenvalue weighted by Gasteiger charge is -2.57. The minimum absolute atomic E-state index is 0.000683. The van der Waals surface area contributed by atoms with Crippen molar-refractivity contribution in [3.8, 4) is 0 Å². The first-order valence-electron chi connectivity index (χ1n) is 8.60. The highest BCUT2D eigenvalue weighted by atomic mass is 16.5. The van der Waals surface area contributed by atoms with Crippen LogP contribution in [-0.2, 0) is 9.53 Å². The molecule has 0 aliphatic heterocycles. The molecule has 0 saturated heterocycles. The summed E-state index contributed by atoms with van der Waals surface area (Å²) in [6.07, 6.45) is 8.53. The summed E-state index contributed by atoms with van der Waals surface area (Å²) in [7, 11) is 0. The fourth-order valence-corrected chi connectivity index (χ4v) is 3.84. The van der Waals surface area contributed by atoms with Crippen molar-refractivity contribution in [3.05, 3.63) is 0 Å². The van der Waals surface area contributed by atoms with Gasteiger partial charge in [0.1, 0.15) is 5.54 Å². The smallest absolute Gasteiger partial charge is 0.240 e. The zero-order valence-corrected chi connectivity index (χ0v) is 13.9. The molecule has 2 saturated carbocycles. The van der Waals surface area contributed by atoms with Gasteiger partial charge in [0.15, 0.2) is 0 Å². The third kappa shape index (κ3) is 3.26. The molecule has 0 heterocycles. The number of carbonyl (C=O) groups excluding carboxylic acids is 1. The molecule has 2 rings (SSSR count). The van der Waals surface area contributed by atoms with Gasteiger partial charge < -0.3 is 15.8 Å². The van der Waals surface area contributed by atoms with Gasteiger partial charge in [-0.2, -0.15) is 0 Å². The Bertz CT molecular complexity index is 364. The van der Waals surface area contributed by atoms with Gasteiger partial charge in [0.05, 0.1) is 6.10 Å². The summed E-state index contributed by atoms with van der Waals surface area (Å²) in [4.78, 5) is 12.5. The lowest BCUT2D eigenvalue weighted by Crippen LogP contribution is -2.75. The summed E-state index contributed by atoms with van der Waals surface area (Å²) in [5.74, 6) is 0.789. The predicted octanol–water partition coefficient (Wildman–Crippen LogP) is 2.61. The minimum atomic E-state index is -0.778. The van der Waals surface area contributed by atoms with Gasteiger partial charge in [-0.05, 0) is 19.3 Å². The van der Waals surface area contributed by atoms with Crippen molar-refractivity contribution in [3.63, 3.8) is 0 Å². The zero-order chi connectivity index (χ0) is 15.5. The van der Waals surface area contributed by atoms with Crippen LogP contribution < -0.4 is 11.1 Å². The first kappa shape index (κ1) is 16.8. The molecule has 21 heavy (non-hydrogen) atoms. The minimum Gasteiger partial charge on any atom is -0.378 e. The van der Waals surface area contributed by atoms with Gasteiger partial charge in [0.25, 0.3) is 0 Å². The Morgan fingerprint density at radius 3 is 2.52 bits per heavy atom. The molecule has 0 bridgehead atoms. The summed E-state index contributed by atoms with van der Waals surface area (Å²) in [6.45, 7) is 7.50. The largest absolute Gasteiger partial charge is 0.378 e. The Morgan fingerprint density at radius 1 is 1.29 bits per heavy atom. The lowest BCUT2D eigenvalue weighted by atomic mass is 9.54. The Morgan fingerprint density at radius 2 is 1.95 bits per heavy atom. The fraction of sp³-hybridized carbons (Fsp3) is 0.941. The van der Waals surface area contributed by atoms with Crippen LogP contribution in [0.2, 0.25) is 0 Å². The Balaban J connectivity index is 1.77. The highest BCUT2D eigenvalue weighted by molar-refractivity contribution is 5.88. The second-order valence-corrected chi connectivity index (χ2v) is 7.39. The number of carbonyl (C=O) groups is 1. The van der Waals surface area contributed by atoms with E-state index < -0.39 is 5.54 Å².